The van der Waals surface area contributed by atoms with Gasteiger partial charge in [-0.05, 0) is 24.3 Å². The summed E-state index contributed by atoms with van der Waals surface area (Å²) in [6.45, 7) is 0. The van der Waals surface area contributed by atoms with Gasteiger partial charge in [-0.3, -0.25) is 9.89 Å². The lowest BCUT2D eigenvalue weighted by Gasteiger charge is -2.06. The fourth-order valence-electron chi connectivity index (χ4n) is 2.03. The van der Waals surface area contributed by atoms with Crippen LogP contribution in [0.4, 0.5) is 5.69 Å². The van der Waals surface area contributed by atoms with E-state index in [1.54, 1.807) is 30.3 Å². The summed E-state index contributed by atoms with van der Waals surface area (Å²) >= 11 is 18.1. The van der Waals surface area contributed by atoms with Crippen molar-refractivity contribution in [3.63, 3.8) is 0 Å². The molecule has 0 aliphatic heterocycles. The SMILES string of the molecule is O=C(Nc1cccc(Cl)c1Cl)c1cc(-c2ccccc2Cl)n[nH]1. The summed E-state index contributed by atoms with van der Waals surface area (Å²) in [7, 11) is 0. The van der Waals surface area contributed by atoms with Crippen molar-refractivity contribution >= 4 is 46.4 Å². The third-order valence-electron chi connectivity index (χ3n) is 3.17. The molecule has 4 nitrogen and oxygen atoms in total. The zero-order chi connectivity index (χ0) is 16.4. The number of rotatable bonds is 3. The second-order valence-electron chi connectivity index (χ2n) is 4.70. The zero-order valence-electron chi connectivity index (χ0n) is 11.6. The molecule has 2 aromatic carbocycles. The maximum absolute atomic E-state index is 12.3. The van der Waals surface area contributed by atoms with Gasteiger partial charge in [0.1, 0.15) is 5.69 Å². The van der Waals surface area contributed by atoms with Crippen LogP contribution in [0.2, 0.25) is 15.1 Å². The first-order valence-electron chi connectivity index (χ1n) is 6.62. The lowest BCUT2D eigenvalue weighted by atomic mass is 10.1. The Balaban J connectivity index is 1.84. The third-order valence-corrected chi connectivity index (χ3v) is 4.32. The van der Waals surface area contributed by atoms with Crippen molar-refractivity contribution in [1.82, 2.24) is 10.2 Å². The van der Waals surface area contributed by atoms with E-state index in [1.807, 2.05) is 18.2 Å². The predicted molar refractivity (Wildman–Crippen MR) is 93.4 cm³/mol. The number of benzene rings is 2. The Bertz CT molecular complexity index is 877. The van der Waals surface area contributed by atoms with Crippen LogP contribution in [0.1, 0.15) is 10.5 Å². The first kappa shape index (κ1) is 15.9. The van der Waals surface area contributed by atoms with Gasteiger partial charge in [-0.15, -0.1) is 0 Å². The molecule has 0 spiro atoms. The number of aromatic nitrogens is 2. The van der Waals surface area contributed by atoms with Crippen molar-refractivity contribution in [2.75, 3.05) is 5.32 Å². The molecule has 1 heterocycles. The van der Waals surface area contributed by atoms with Crippen LogP contribution in [-0.2, 0) is 0 Å². The number of nitrogens with one attached hydrogen (secondary N) is 2. The topological polar surface area (TPSA) is 57.8 Å². The molecule has 2 N–H and O–H groups in total. The molecule has 3 aromatic rings. The molecule has 23 heavy (non-hydrogen) atoms. The minimum atomic E-state index is -0.375. The molecule has 0 saturated carbocycles. The van der Waals surface area contributed by atoms with Gasteiger partial charge < -0.3 is 5.32 Å². The predicted octanol–water partition coefficient (Wildman–Crippen LogP) is 5.29. The number of nitrogens with zero attached hydrogens (tertiary/aromatic N) is 1. The average molecular weight is 367 g/mol. The van der Waals surface area contributed by atoms with Crippen molar-refractivity contribution in [3.8, 4) is 11.3 Å². The molecule has 0 fully saturated rings. The average Bonchev–Trinajstić information content (AvgIpc) is 3.02. The highest BCUT2D eigenvalue weighted by Gasteiger charge is 2.14. The summed E-state index contributed by atoms with van der Waals surface area (Å²) in [5.74, 6) is -0.375. The Morgan fingerprint density at radius 1 is 1.00 bits per heavy atom. The molecule has 0 aliphatic carbocycles. The van der Waals surface area contributed by atoms with Gasteiger partial charge in [0.2, 0.25) is 0 Å². The van der Waals surface area contributed by atoms with Crippen LogP contribution in [0.5, 0.6) is 0 Å². The van der Waals surface area contributed by atoms with Crippen molar-refractivity contribution in [2.24, 2.45) is 0 Å². The second-order valence-corrected chi connectivity index (χ2v) is 5.89. The number of hydrogen-bond acceptors (Lipinski definition) is 2. The molecule has 116 valence electrons. The third kappa shape index (κ3) is 3.34. The van der Waals surface area contributed by atoms with Gasteiger partial charge >= 0.3 is 0 Å². The lowest BCUT2D eigenvalue weighted by molar-refractivity contribution is 0.102. The van der Waals surface area contributed by atoms with Gasteiger partial charge in [-0.1, -0.05) is 59.1 Å². The van der Waals surface area contributed by atoms with Crippen LogP contribution in [0, 0.1) is 0 Å². The Labute approximate surface area is 147 Å². The molecule has 0 saturated heterocycles. The molecule has 0 bridgehead atoms. The van der Waals surface area contributed by atoms with Gasteiger partial charge in [0.15, 0.2) is 0 Å². The van der Waals surface area contributed by atoms with Gasteiger partial charge in [-0.25, -0.2) is 0 Å². The first-order chi connectivity index (χ1) is 11.1. The van der Waals surface area contributed by atoms with Crippen LogP contribution in [-0.4, -0.2) is 16.1 Å². The highest BCUT2D eigenvalue weighted by atomic mass is 35.5. The van der Waals surface area contributed by atoms with E-state index in [-0.39, 0.29) is 16.6 Å². The fraction of sp³-hybridized carbons (Fsp3) is 0. The Morgan fingerprint density at radius 3 is 2.52 bits per heavy atom. The molecular weight excluding hydrogens is 357 g/mol. The number of amides is 1. The van der Waals surface area contributed by atoms with Crippen molar-refractivity contribution in [1.29, 1.82) is 0 Å². The van der Waals surface area contributed by atoms with Crippen LogP contribution in [0.3, 0.4) is 0 Å². The summed E-state index contributed by atoms with van der Waals surface area (Å²) in [5.41, 5.74) is 2.04. The molecule has 1 amide bonds. The highest BCUT2D eigenvalue weighted by Crippen LogP contribution is 2.30. The Hall–Kier alpha value is -2.01. The number of carbonyl (C=O) groups is 1. The number of aromatic amines is 1. The summed E-state index contributed by atoms with van der Waals surface area (Å²) in [5, 5.41) is 10.7. The van der Waals surface area contributed by atoms with Gasteiger partial charge in [0, 0.05) is 5.56 Å². The van der Waals surface area contributed by atoms with E-state index in [0.717, 1.165) is 5.56 Å². The Kier molecular flexibility index (Phi) is 4.57. The minimum absolute atomic E-state index is 0.286. The minimum Gasteiger partial charge on any atom is -0.319 e. The molecule has 3 rings (SSSR count). The lowest BCUT2D eigenvalue weighted by Crippen LogP contribution is -2.12. The number of halogens is 3. The quantitative estimate of drug-likeness (QED) is 0.661. The number of H-pyrrole nitrogens is 1. The maximum Gasteiger partial charge on any atom is 0.273 e. The fourth-order valence-corrected chi connectivity index (χ4v) is 2.62. The molecule has 7 heteroatoms. The molecule has 0 unspecified atom stereocenters. The van der Waals surface area contributed by atoms with E-state index in [2.05, 4.69) is 15.5 Å². The van der Waals surface area contributed by atoms with E-state index in [1.165, 1.54) is 0 Å². The molecule has 0 radical (unpaired) electrons. The molecule has 0 atom stereocenters. The van der Waals surface area contributed by atoms with E-state index >= 15 is 0 Å². The summed E-state index contributed by atoms with van der Waals surface area (Å²) in [6, 6.07) is 13.9. The highest BCUT2D eigenvalue weighted by molar-refractivity contribution is 6.44. The summed E-state index contributed by atoms with van der Waals surface area (Å²) in [4.78, 5) is 12.3. The van der Waals surface area contributed by atoms with E-state index in [9.17, 15) is 4.79 Å². The monoisotopic (exact) mass is 365 g/mol. The summed E-state index contributed by atoms with van der Waals surface area (Å²) < 4.78 is 0. The standard InChI is InChI=1S/C16H10Cl3N3O/c17-10-5-2-1-4-9(10)13-8-14(22-21-13)16(23)20-12-7-3-6-11(18)15(12)19/h1-8H,(H,20,23)(H,21,22). The first-order valence-corrected chi connectivity index (χ1v) is 7.75. The smallest absolute Gasteiger partial charge is 0.273 e. The van der Waals surface area contributed by atoms with E-state index < -0.39 is 0 Å². The van der Waals surface area contributed by atoms with Crippen LogP contribution < -0.4 is 5.32 Å². The normalized spacial score (nSPS) is 10.6. The van der Waals surface area contributed by atoms with Crippen molar-refractivity contribution in [2.45, 2.75) is 0 Å². The Morgan fingerprint density at radius 2 is 1.74 bits per heavy atom. The van der Waals surface area contributed by atoms with Crippen LogP contribution in [0.25, 0.3) is 11.3 Å². The number of carbonyl (C=O) groups excluding carboxylic acids is 1. The number of hydrogen-bond donors (Lipinski definition) is 2. The van der Waals surface area contributed by atoms with Crippen molar-refractivity contribution < 1.29 is 4.79 Å². The van der Waals surface area contributed by atoms with Crippen molar-refractivity contribution in [3.05, 3.63) is 69.3 Å². The van der Waals surface area contributed by atoms with Gasteiger partial charge in [-0.2, -0.15) is 5.10 Å². The molecular formula is C16H10Cl3N3O. The second kappa shape index (κ2) is 6.62. The van der Waals surface area contributed by atoms with Gasteiger partial charge in [0.25, 0.3) is 5.91 Å². The van der Waals surface area contributed by atoms with Crippen LogP contribution >= 0.6 is 34.8 Å². The van der Waals surface area contributed by atoms with Gasteiger partial charge in [0.05, 0.1) is 26.4 Å². The largest absolute Gasteiger partial charge is 0.319 e. The maximum atomic E-state index is 12.3. The molecule has 0 aliphatic rings. The van der Waals surface area contributed by atoms with E-state index in [0.29, 0.717) is 21.4 Å². The summed E-state index contributed by atoms with van der Waals surface area (Å²) in [6.07, 6.45) is 0. The van der Waals surface area contributed by atoms with E-state index in [4.69, 9.17) is 34.8 Å². The number of anilines is 1. The molecule has 1 aromatic heterocycles. The zero-order valence-corrected chi connectivity index (χ0v) is 13.9. The van der Waals surface area contributed by atoms with Crippen LogP contribution in [0.15, 0.2) is 48.5 Å².